The van der Waals surface area contributed by atoms with Crippen molar-refractivity contribution in [3.63, 3.8) is 0 Å². The van der Waals surface area contributed by atoms with Crippen LogP contribution in [0.3, 0.4) is 0 Å². The summed E-state index contributed by atoms with van der Waals surface area (Å²) >= 11 is 0. The van der Waals surface area contributed by atoms with E-state index in [1.54, 1.807) is 13.8 Å². The van der Waals surface area contributed by atoms with Crippen LogP contribution in [0.1, 0.15) is 45.3 Å². The van der Waals surface area contributed by atoms with Gasteiger partial charge in [0.15, 0.2) is 5.82 Å². The van der Waals surface area contributed by atoms with Gasteiger partial charge in [0.2, 0.25) is 5.89 Å². The molecule has 6 nitrogen and oxygen atoms in total. The molecule has 1 aromatic heterocycles. The molecule has 0 spiro atoms. The molecular weight excluding hydrogens is 246 g/mol. The average Bonchev–Trinajstić information content (AvgIpc) is 2.88. The van der Waals surface area contributed by atoms with Crippen molar-refractivity contribution in [3.8, 4) is 0 Å². The van der Waals surface area contributed by atoms with E-state index < -0.39 is 5.92 Å². The van der Waals surface area contributed by atoms with Crippen molar-refractivity contribution in [1.29, 1.82) is 0 Å². The molecule has 1 atom stereocenters. The van der Waals surface area contributed by atoms with Gasteiger partial charge in [0.1, 0.15) is 5.92 Å². The van der Waals surface area contributed by atoms with Gasteiger partial charge in [-0.1, -0.05) is 19.0 Å². The third-order valence-corrected chi connectivity index (χ3v) is 3.04. The third-order valence-electron chi connectivity index (χ3n) is 3.04. The largest absolute Gasteiger partial charge is 0.465 e. The Kier molecular flexibility index (Phi) is 6.49. The Morgan fingerprint density at radius 1 is 1.37 bits per heavy atom. The van der Waals surface area contributed by atoms with Gasteiger partial charge in [0, 0.05) is 13.0 Å². The molecular formula is C13H23N3O3. The second-order valence-electron chi connectivity index (χ2n) is 4.30. The molecule has 0 N–H and O–H groups in total. The summed E-state index contributed by atoms with van der Waals surface area (Å²) in [4.78, 5) is 18.1. The maximum Gasteiger partial charge on any atom is 0.318 e. The fourth-order valence-corrected chi connectivity index (χ4v) is 1.71. The van der Waals surface area contributed by atoms with Gasteiger partial charge in [0.05, 0.1) is 6.61 Å². The third kappa shape index (κ3) is 4.63. The smallest absolute Gasteiger partial charge is 0.318 e. The van der Waals surface area contributed by atoms with E-state index in [9.17, 15) is 4.79 Å². The van der Waals surface area contributed by atoms with Gasteiger partial charge in [-0.05, 0) is 26.9 Å². The number of carbonyl (C=O) groups excluding carboxylic acids is 1. The van der Waals surface area contributed by atoms with Crippen molar-refractivity contribution in [2.75, 3.05) is 26.2 Å². The molecule has 108 valence electrons. The predicted octanol–water partition coefficient (Wildman–Crippen LogP) is 1.62. The van der Waals surface area contributed by atoms with Crippen LogP contribution in [0.5, 0.6) is 0 Å². The van der Waals surface area contributed by atoms with Gasteiger partial charge >= 0.3 is 5.97 Å². The van der Waals surface area contributed by atoms with Crippen LogP contribution < -0.4 is 0 Å². The zero-order valence-electron chi connectivity index (χ0n) is 12.2. The van der Waals surface area contributed by atoms with Crippen LogP contribution in [0.15, 0.2) is 4.52 Å². The Morgan fingerprint density at radius 2 is 2.05 bits per heavy atom. The minimum absolute atomic E-state index is 0.327. The second kappa shape index (κ2) is 7.89. The Hall–Kier alpha value is -1.43. The van der Waals surface area contributed by atoms with Crippen LogP contribution in [0.2, 0.25) is 0 Å². The number of nitrogens with zero attached hydrogens (tertiary/aromatic N) is 3. The quantitative estimate of drug-likeness (QED) is 0.668. The minimum Gasteiger partial charge on any atom is -0.465 e. The number of rotatable bonds is 8. The molecule has 0 aromatic carbocycles. The molecule has 0 bridgehead atoms. The van der Waals surface area contributed by atoms with E-state index in [1.165, 1.54) is 0 Å². The molecule has 0 saturated carbocycles. The van der Waals surface area contributed by atoms with E-state index in [0.717, 1.165) is 26.1 Å². The zero-order chi connectivity index (χ0) is 14.3. The lowest BCUT2D eigenvalue weighted by atomic mass is 10.2. The number of carbonyl (C=O) groups is 1. The monoisotopic (exact) mass is 269 g/mol. The Bertz CT molecular complexity index is 388. The van der Waals surface area contributed by atoms with E-state index in [-0.39, 0.29) is 5.97 Å². The van der Waals surface area contributed by atoms with Crippen molar-refractivity contribution in [3.05, 3.63) is 11.7 Å². The van der Waals surface area contributed by atoms with E-state index >= 15 is 0 Å². The molecule has 0 aliphatic rings. The summed E-state index contributed by atoms with van der Waals surface area (Å²) in [7, 11) is 0. The Morgan fingerprint density at radius 3 is 2.63 bits per heavy atom. The van der Waals surface area contributed by atoms with Crippen molar-refractivity contribution < 1.29 is 14.1 Å². The zero-order valence-corrected chi connectivity index (χ0v) is 12.2. The molecule has 6 heteroatoms. The van der Waals surface area contributed by atoms with Crippen molar-refractivity contribution in [2.45, 2.75) is 40.0 Å². The molecule has 0 aliphatic carbocycles. The van der Waals surface area contributed by atoms with Crippen LogP contribution in [0.25, 0.3) is 0 Å². The summed E-state index contributed by atoms with van der Waals surface area (Å²) < 4.78 is 10.0. The lowest BCUT2D eigenvalue weighted by Gasteiger charge is -2.16. The fourth-order valence-electron chi connectivity index (χ4n) is 1.71. The number of esters is 1. The van der Waals surface area contributed by atoms with Crippen LogP contribution in [-0.4, -0.2) is 47.3 Å². The van der Waals surface area contributed by atoms with Gasteiger partial charge in [-0.25, -0.2) is 0 Å². The topological polar surface area (TPSA) is 68.5 Å². The number of likely N-dealkylation sites (N-methyl/N-ethyl adjacent to an activating group) is 1. The highest BCUT2D eigenvalue weighted by Crippen LogP contribution is 2.14. The summed E-state index contributed by atoms with van der Waals surface area (Å²) in [6, 6.07) is 0. The first-order valence-electron chi connectivity index (χ1n) is 6.83. The van der Waals surface area contributed by atoms with Gasteiger partial charge in [-0.15, -0.1) is 0 Å². The summed E-state index contributed by atoms with van der Waals surface area (Å²) in [6.07, 6.45) is 0.723. The SMILES string of the molecule is CCOC(=O)C(C)c1nc(CCN(CC)CC)no1. The van der Waals surface area contributed by atoms with Gasteiger partial charge in [-0.2, -0.15) is 4.98 Å². The van der Waals surface area contributed by atoms with E-state index in [4.69, 9.17) is 9.26 Å². The van der Waals surface area contributed by atoms with E-state index in [2.05, 4.69) is 28.9 Å². The van der Waals surface area contributed by atoms with Gasteiger partial charge < -0.3 is 14.2 Å². The highest BCUT2D eigenvalue weighted by Gasteiger charge is 2.23. The minimum atomic E-state index is -0.505. The number of hydrogen-bond donors (Lipinski definition) is 0. The summed E-state index contributed by atoms with van der Waals surface area (Å²) in [6.45, 7) is 11.0. The molecule has 1 unspecified atom stereocenters. The van der Waals surface area contributed by atoms with Crippen LogP contribution in [-0.2, 0) is 16.0 Å². The maximum atomic E-state index is 11.6. The molecule has 0 saturated heterocycles. The van der Waals surface area contributed by atoms with E-state index in [0.29, 0.717) is 18.3 Å². The van der Waals surface area contributed by atoms with Crippen molar-refractivity contribution in [2.24, 2.45) is 0 Å². The predicted molar refractivity (Wildman–Crippen MR) is 70.8 cm³/mol. The Labute approximate surface area is 114 Å². The highest BCUT2D eigenvalue weighted by atomic mass is 16.5. The molecule has 0 amide bonds. The summed E-state index contributed by atoms with van der Waals surface area (Å²) in [5.41, 5.74) is 0. The molecule has 19 heavy (non-hydrogen) atoms. The molecule has 0 radical (unpaired) electrons. The van der Waals surface area contributed by atoms with Crippen molar-refractivity contribution >= 4 is 5.97 Å². The van der Waals surface area contributed by atoms with Gasteiger partial charge in [-0.3, -0.25) is 4.79 Å². The second-order valence-corrected chi connectivity index (χ2v) is 4.30. The summed E-state index contributed by atoms with van der Waals surface area (Å²) in [5, 5.41) is 3.90. The van der Waals surface area contributed by atoms with Crippen LogP contribution in [0, 0.1) is 0 Å². The number of hydrogen-bond acceptors (Lipinski definition) is 6. The first-order valence-corrected chi connectivity index (χ1v) is 6.83. The molecule has 1 aromatic rings. The van der Waals surface area contributed by atoms with Crippen LogP contribution in [0.4, 0.5) is 0 Å². The highest BCUT2D eigenvalue weighted by molar-refractivity contribution is 5.76. The van der Waals surface area contributed by atoms with Gasteiger partial charge in [0.25, 0.3) is 0 Å². The fraction of sp³-hybridized carbons (Fsp3) is 0.769. The first kappa shape index (κ1) is 15.6. The average molecular weight is 269 g/mol. The van der Waals surface area contributed by atoms with Crippen LogP contribution >= 0.6 is 0 Å². The first-order chi connectivity index (χ1) is 9.12. The number of aromatic nitrogens is 2. The molecule has 1 heterocycles. The summed E-state index contributed by atoms with van der Waals surface area (Å²) in [5.74, 6) is 0.127. The molecule has 0 fully saturated rings. The van der Waals surface area contributed by atoms with Crippen molar-refractivity contribution in [1.82, 2.24) is 15.0 Å². The normalized spacial score (nSPS) is 12.7. The maximum absolute atomic E-state index is 11.6. The number of ether oxygens (including phenoxy) is 1. The standard InChI is InChI=1S/C13H23N3O3/c1-5-16(6-2)9-8-11-14-12(19-15-11)10(4)13(17)18-7-3/h10H,5-9H2,1-4H3. The molecule has 1 rings (SSSR count). The lowest BCUT2D eigenvalue weighted by Crippen LogP contribution is -2.25. The lowest BCUT2D eigenvalue weighted by molar-refractivity contribution is -0.145. The van der Waals surface area contributed by atoms with E-state index in [1.807, 2.05) is 0 Å². The Balaban J connectivity index is 2.54. The molecule has 0 aliphatic heterocycles.